The quantitative estimate of drug-likeness (QED) is 0.351. The Hall–Kier alpha value is -4.01. The molecule has 43 heavy (non-hydrogen) atoms. The Balaban J connectivity index is 1.60. The van der Waals surface area contributed by atoms with Crippen LogP contribution in [0, 0.1) is 17.2 Å². The number of aliphatic hydroxyl groups is 1. The van der Waals surface area contributed by atoms with E-state index in [1.54, 1.807) is 24.0 Å². The Morgan fingerprint density at radius 1 is 1.12 bits per heavy atom. The SMILES string of the molecule is C[C@@H]1CN([C@@H](C)CO)C(=O)c2c(c3ccccc3n2C)-c2ccccc2CO[C@@H]1CN(C)S(=O)(=O)c1cccc(C#N)c1. The Morgan fingerprint density at radius 2 is 1.84 bits per heavy atom. The van der Waals surface area contributed by atoms with E-state index in [2.05, 4.69) is 0 Å². The largest absolute Gasteiger partial charge is 0.394 e. The van der Waals surface area contributed by atoms with Gasteiger partial charge in [0.05, 0.1) is 41.9 Å². The van der Waals surface area contributed by atoms with E-state index in [4.69, 9.17) is 4.74 Å². The average Bonchev–Trinajstić information content (AvgIpc) is 3.31. The second kappa shape index (κ2) is 12.3. The van der Waals surface area contributed by atoms with Gasteiger partial charge in [-0.3, -0.25) is 4.79 Å². The topological polar surface area (TPSA) is 116 Å². The van der Waals surface area contributed by atoms with Gasteiger partial charge >= 0.3 is 0 Å². The van der Waals surface area contributed by atoms with Gasteiger partial charge in [0.2, 0.25) is 10.0 Å². The molecule has 9 nitrogen and oxygen atoms in total. The Labute approximate surface area is 252 Å². The van der Waals surface area contributed by atoms with E-state index < -0.39 is 22.2 Å². The highest BCUT2D eigenvalue weighted by molar-refractivity contribution is 7.89. The minimum Gasteiger partial charge on any atom is -0.394 e. The highest BCUT2D eigenvalue weighted by Crippen LogP contribution is 2.38. The minimum atomic E-state index is -3.93. The number of hydrogen-bond donors (Lipinski definition) is 1. The molecule has 0 spiro atoms. The second-order valence-electron chi connectivity index (χ2n) is 11.2. The van der Waals surface area contributed by atoms with Crippen LogP contribution >= 0.6 is 0 Å². The molecule has 2 heterocycles. The minimum absolute atomic E-state index is 0.0217. The van der Waals surface area contributed by atoms with Crippen LogP contribution < -0.4 is 0 Å². The predicted molar refractivity (Wildman–Crippen MR) is 165 cm³/mol. The summed E-state index contributed by atoms with van der Waals surface area (Å²) in [5.41, 5.74) is 4.24. The first-order valence-electron chi connectivity index (χ1n) is 14.2. The average molecular weight is 601 g/mol. The van der Waals surface area contributed by atoms with E-state index in [0.29, 0.717) is 5.69 Å². The van der Waals surface area contributed by atoms with Crippen molar-refractivity contribution in [1.82, 2.24) is 13.8 Å². The zero-order chi connectivity index (χ0) is 30.9. The fourth-order valence-corrected chi connectivity index (χ4v) is 7.01. The lowest BCUT2D eigenvalue weighted by Gasteiger charge is -2.35. The molecule has 0 fully saturated rings. The Morgan fingerprint density at radius 3 is 2.58 bits per heavy atom. The molecule has 3 atom stereocenters. The van der Waals surface area contributed by atoms with Gasteiger partial charge in [-0.25, -0.2) is 8.42 Å². The number of fused-ring (bicyclic) bond motifs is 5. The fourth-order valence-electron chi connectivity index (χ4n) is 5.78. The van der Waals surface area contributed by atoms with Crippen molar-refractivity contribution in [2.24, 2.45) is 13.0 Å². The highest BCUT2D eigenvalue weighted by atomic mass is 32.2. The standard InChI is InChI=1S/C33H36N4O5S/c1-22-18-37(23(2)20-38)33(39)32-31(28-14-7-8-15-29(28)36(32)4)27-13-6-5-11-25(27)21-42-30(22)19-35(3)43(40,41)26-12-9-10-24(16-26)17-34/h5-16,22-23,30,38H,18-21H2,1-4H3/t22-,23+,30-/m1/s1. The molecule has 0 bridgehead atoms. The first-order chi connectivity index (χ1) is 20.6. The van der Waals surface area contributed by atoms with Crippen molar-refractivity contribution in [2.75, 3.05) is 26.7 Å². The number of benzene rings is 3. The molecule has 1 aliphatic rings. The Bertz CT molecular complexity index is 1810. The predicted octanol–water partition coefficient (Wildman–Crippen LogP) is 4.40. The van der Waals surface area contributed by atoms with Crippen LogP contribution in [0.15, 0.2) is 77.7 Å². The Kier molecular flexibility index (Phi) is 8.71. The number of nitriles is 1. The molecule has 0 saturated heterocycles. The van der Waals surface area contributed by atoms with Gasteiger partial charge in [-0.1, -0.05) is 55.5 Å². The van der Waals surface area contributed by atoms with Crippen molar-refractivity contribution in [2.45, 2.75) is 37.5 Å². The van der Waals surface area contributed by atoms with Crippen molar-refractivity contribution in [3.8, 4) is 17.2 Å². The lowest BCUT2D eigenvalue weighted by Crippen LogP contribution is -2.48. The summed E-state index contributed by atoms with van der Waals surface area (Å²) in [4.78, 5) is 16.2. The summed E-state index contributed by atoms with van der Waals surface area (Å²) in [6.07, 6.45) is -0.592. The fraction of sp³-hybridized carbons (Fsp3) is 0.333. The number of likely N-dealkylation sites (N-methyl/N-ethyl adjacent to an activating group) is 1. The summed E-state index contributed by atoms with van der Waals surface area (Å²) in [6, 6.07) is 23.1. The number of hydrogen-bond acceptors (Lipinski definition) is 6. The van der Waals surface area contributed by atoms with E-state index in [0.717, 1.165) is 27.6 Å². The molecule has 0 radical (unpaired) electrons. The molecular formula is C33H36N4O5S. The van der Waals surface area contributed by atoms with Crippen molar-refractivity contribution >= 4 is 26.8 Å². The molecule has 0 unspecified atom stereocenters. The van der Waals surface area contributed by atoms with Crippen LogP contribution in [0.4, 0.5) is 0 Å². The van der Waals surface area contributed by atoms with E-state index in [1.807, 2.05) is 73.1 Å². The molecule has 4 aromatic rings. The lowest BCUT2D eigenvalue weighted by atomic mass is 9.96. The molecule has 1 aliphatic heterocycles. The third-order valence-electron chi connectivity index (χ3n) is 8.33. The number of aryl methyl sites for hydroxylation is 1. The van der Waals surface area contributed by atoms with E-state index in [-0.39, 0.29) is 48.6 Å². The van der Waals surface area contributed by atoms with Gasteiger partial charge in [-0.2, -0.15) is 9.57 Å². The molecule has 1 N–H and O–H groups in total. The van der Waals surface area contributed by atoms with E-state index in [9.17, 15) is 23.6 Å². The number of carbonyl (C=O) groups excluding carboxylic acids is 1. The van der Waals surface area contributed by atoms with Gasteiger partial charge in [-0.05, 0) is 42.3 Å². The maximum Gasteiger partial charge on any atom is 0.271 e. The zero-order valence-corrected chi connectivity index (χ0v) is 25.6. The number of ether oxygens (including phenoxy) is 1. The number of aliphatic hydroxyl groups excluding tert-OH is 1. The molecule has 3 aromatic carbocycles. The molecule has 10 heteroatoms. The highest BCUT2D eigenvalue weighted by Gasteiger charge is 2.35. The third-order valence-corrected chi connectivity index (χ3v) is 10.2. The third kappa shape index (κ3) is 5.69. The summed E-state index contributed by atoms with van der Waals surface area (Å²) >= 11 is 0. The van der Waals surface area contributed by atoms with Crippen molar-refractivity contribution in [3.63, 3.8) is 0 Å². The van der Waals surface area contributed by atoms with Crippen LogP contribution in [-0.4, -0.2) is 72.1 Å². The van der Waals surface area contributed by atoms with E-state index in [1.165, 1.54) is 23.5 Å². The summed E-state index contributed by atoms with van der Waals surface area (Å²) in [6.45, 7) is 3.96. The molecule has 0 saturated carbocycles. The summed E-state index contributed by atoms with van der Waals surface area (Å²) in [7, 11) is -0.558. The summed E-state index contributed by atoms with van der Waals surface area (Å²) in [5, 5.41) is 20.4. The molecule has 224 valence electrons. The molecule has 0 aliphatic carbocycles. The van der Waals surface area contributed by atoms with Crippen LogP contribution in [0.5, 0.6) is 0 Å². The van der Waals surface area contributed by atoms with Crippen LogP contribution in [0.25, 0.3) is 22.0 Å². The number of sulfonamides is 1. The van der Waals surface area contributed by atoms with Gasteiger partial charge in [0, 0.05) is 49.6 Å². The van der Waals surface area contributed by atoms with Gasteiger partial charge in [-0.15, -0.1) is 0 Å². The molecule has 5 rings (SSSR count). The number of aromatic nitrogens is 1. The maximum atomic E-state index is 14.5. The van der Waals surface area contributed by atoms with Crippen LogP contribution in [0.3, 0.4) is 0 Å². The summed E-state index contributed by atoms with van der Waals surface area (Å²) in [5.74, 6) is -0.517. The number of carbonyl (C=O) groups is 1. The normalized spacial score (nSPS) is 18.5. The smallest absolute Gasteiger partial charge is 0.271 e. The zero-order valence-electron chi connectivity index (χ0n) is 24.8. The van der Waals surface area contributed by atoms with Crippen LogP contribution in [-0.2, 0) is 28.4 Å². The van der Waals surface area contributed by atoms with E-state index >= 15 is 0 Å². The van der Waals surface area contributed by atoms with Crippen molar-refractivity contribution < 1.29 is 23.1 Å². The van der Waals surface area contributed by atoms with Gasteiger partial charge < -0.3 is 19.3 Å². The van der Waals surface area contributed by atoms with Gasteiger partial charge in [0.1, 0.15) is 5.69 Å². The monoisotopic (exact) mass is 600 g/mol. The molecule has 1 amide bonds. The number of rotatable bonds is 6. The lowest BCUT2D eigenvalue weighted by molar-refractivity contribution is -0.0147. The number of nitrogens with zero attached hydrogens (tertiary/aromatic N) is 4. The van der Waals surface area contributed by atoms with Crippen LogP contribution in [0.2, 0.25) is 0 Å². The number of para-hydroxylation sites is 1. The van der Waals surface area contributed by atoms with Gasteiger partial charge in [0.15, 0.2) is 0 Å². The molecule has 1 aromatic heterocycles. The number of amides is 1. The van der Waals surface area contributed by atoms with Gasteiger partial charge in [0.25, 0.3) is 5.91 Å². The maximum absolute atomic E-state index is 14.5. The summed E-state index contributed by atoms with van der Waals surface area (Å²) < 4.78 is 36.7. The second-order valence-corrected chi connectivity index (χ2v) is 13.2. The van der Waals surface area contributed by atoms with Crippen molar-refractivity contribution in [3.05, 3.63) is 89.6 Å². The first kappa shape index (κ1) is 30.4. The van der Waals surface area contributed by atoms with Crippen LogP contribution in [0.1, 0.15) is 35.5 Å². The van der Waals surface area contributed by atoms with Crippen molar-refractivity contribution in [1.29, 1.82) is 5.26 Å². The first-order valence-corrected chi connectivity index (χ1v) is 15.7. The molecular weight excluding hydrogens is 564 g/mol.